The molecule has 8 heteroatoms. The highest BCUT2D eigenvalue weighted by Crippen LogP contribution is 2.29. The molecular weight excluding hydrogens is 392 g/mol. The van der Waals surface area contributed by atoms with Gasteiger partial charge in [0, 0.05) is 16.5 Å². The van der Waals surface area contributed by atoms with E-state index in [0.29, 0.717) is 11.3 Å². The molecule has 0 spiro atoms. The molecule has 1 atom stereocenters. The van der Waals surface area contributed by atoms with Crippen molar-refractivity contribution in [3.8, 4) is 16.5 Å². The number of thiophene rings is 1. The molecule has 0 fully saturated rings. The number of benzene rings is 1. The maximum Gasteiger partial charge on any atom is 0.255 e. The van der Waals surface area contributed by atoms with Crippen LogP contribution >= 0.6 is 22.7 Å². The van der Waals surface area contributed by atoms with Gasteiger partial charge in [0.25, 0.3) is 5.91 Å². The molecule has 0 saturated heterocycles. The number of pyridine rings is 1. The van der Waals surface area contributed by atoms with Crippen LogP contribution < -0.4 is 11.1 Å². The van der Waals surface area contributed by atoms with Gasteiger partial charge in [0.1, 0.15) is 22.3 Å². The lowest BCUT2D eigenvalue weighted by atomic mass is 10.0. The molecular formula is C20H16N4O2S2. The topological polar surface area (TPSA) is 101 Å². The van der Waals surface area contributed by atoms with E-state index in [9.17, 15) is 9.90 Å². The number of amides is 1. The average molecular weight is 409 g/mol. The highest BCUT2D eigenvalue weighted by Gasteiger charge is 2.21. The Morgan fingerprint density at radius 2 is 2.00 bits per heavy atom. The van der Waals surface area contributed by atoms with E-state index in [2.05, 4.69) is 15.3 Å². The second-order valence-electron chi connectivity index (χ2n) is 5.98. The first-order chi connectivity index (χ1) is 13.6. The summed E-state index contributed by atoms with van der Waals surface area (Å²) in [4.78, 5) is 22.4. The average Bonchev–Trinajstić information content (AvgIpc) is 3.39. The van der Waals surface area contributed by atoms with Gasteiger partial charge in [-0.25, -0.2) is 9.97 Å². The highest BCUT2D eigenvalue weighted by molar-refractivity contribution is 7.13. The van der Waals surface area contributed by atoms with Gasteiger partial charge in [-0.2, -0.15) is 0 Å². The van der Waals surface area contributed by atoms with Crippen molar-refractivity contribution in [3.63, 3.8) is 0 Å². The minimum absolute atomic E-state index is 0.141. The number of anilines is 1. The molecule has 1 amide bonds. The lowest BCUT2D eigenvalue weighted by molar-refractivity contribution is 0.0944. The van der Waals surface area contributed by atoms with Crippen molar-refractivity contribution in [2.45, 2.75) is 6.04 Å². The zero-order valence-corrected chi connectivity index (χ0v) is 16.2. The Balaban J connectivity index is 1.63. The lowest BCUT2D eigenvalue weighted by Crippen LogP contribution is -2.29. The fraction of sp³-hybridized carbons (Fsp3) is 0.0500. The van der Waals surface area contributed by atoms with E-state index in [-0.39, 0.29) is 17.5 Å². The van der Waals surface area contributed by atoms with Gasteiger partial charge in [-0.15, -0.1) is 22.7 Å². The normalized spacial score (nSPS) is 11.9. The molecule has 1 unspecified atom stereocenters. The van der Waals surface area contributed by atoms with Gasteiger partial charge in [0.2, 0.25) is 0 Å². The number of rotatable bonds is 5. The molecule has 140 valence electrons. The number of phenolic OH excluding ortho intramolecular Hbond substituents is 1. The number of hydrogen-bond donors (Lipinski definition) is 3. The number of nitrogens with one attached hydrogen (secondary N) is 1. The molecule has 4 rings (SSSR count). The van der Waals surface area contributed by atoms with Crippen molar-refractivity contribution in [2.75, 3.05) is 5.73 Å². The summed E-state index contributed by atoms with van der Waals surface area (Å²) in [5, 5.41) is 17.4. The third-order valence-electron chi connectivity index (χ3n) is 4.13. The number of hydrogen-bond acceptors (Lipinski definition) is 7. The molecule has 0 aliphatic carbocycles. The predicted octanol–water partition coefficient (Wildman–Crippen LogP) is 4.07. The number of aromatic hydroxyl groups is 1. The molecule has 0 radical (unpaired) electrons. The first-order valence-electron chi connectivity index (χ1n) is 8.41. The van der Waals surface area contributed by atoms with Crippen molar-refractivity contribution >= 4 is 34.4 Å². The van der Waals surface area contributed by atoms with Crippen LogP contribution in [0.5, 0.6) is 5.75 Å². The number of carbonyl (C=O) groups excluding carboxylic acids is 1. The Kier molecular flexibility index (Phi) is 5.05. The molecule has 0 aliphatic heterocycles. The Hall–Kier alpha value is -3.23. The second-order valence-corrected chi connectivity index (χ2v) is 7.86. The SMILES string of the molecule is Nc1nc(-c2nccs2)ccc1C(=O)NC(c1cccc(O)c1)c1cccs1. The summed E-state index contributed by atoms with van der Waals surface area (Å²) in [6.45, 7) is 0. The maximum absolute atomic E-state index is 12.9. The van der Waals surface area contributed by atoms with Crippen LogP contribution in [0.25, 0.3) is 10.7 Å². The molecule has 0 aliphatic rings. The number of carbonyl (C=O) groups is 1. The van der Waals surface area contributed by atoms with Gasteiger partial charge in [-0.1, -0.05) is 18.2 Å². The predicted molar refractivity (Wildman–Crippen MR) is 111 cm³/mol. The third-order valence-corrected chi connectivity index (χ3v) is 5.86. The van der Waals surface area contributed by atoms with E-state index in [1.54, 1.807) is 36.5 Å². The minimum Gasteiger partial charge on any atom is -0.508 e. The minimum atomic E-state index is -0.405. The summed E-state index contributed by atoms with van der Waals surface area (Å²) >= 11 is 2.98. The van der Waals surface area contributed by atoms with Crippen LogP contribution in [0.2, 0.25) is 0 Å². The van der Waals surface area contributed by atoms with Gasteiger partial charge in [-0.05, 0) is 41.3 Å². The number of aromatic nitrogens is 2. The van der Waals surface area contributed by atoms with Crippen LogP contribution in [0.1, 0.15) is 26.8 Å². The van der Waals surface area contributed by atoms with Crippen LogP contribution in [-0.4, -0.2) is 21.0 Å². The van der Waals surface area contributed by atoms with Gasteiger partial charge in [0.05, 0.1) is 11.6 Å². The van der Waals surface area contributed by atoms with Crippen molar-refractivity contribution < 1.29 is 9.90 Å². The summed E-state index contributed by atoms with van der Waals surface area (Å²) in [6.07, 6.45) is 1.69. The van der Waals surface area contributed by atoms with Crippen LogP contribution in [0.4, 0.5) is 5.82 Å². The summed E-state index contributed by atoms with van der Waals surface area (Å²) in [5.41, 5.74) is 7.76. The quantitative estimate of drug-likeness (QED) is 0.462. The number of thiazole rings is 1. The molecule has 3 aromatic heterocycles. The first-order valence-corrected chi connectivity index (χ1v) is 10.2. The molecule has 0 saturated carbocycles. The van der Waals surface area contributed by atoms with Crippen LogP contribution in [0.3, 0.4) is 0 Å². The summed E-state index contributed by atoms with van der Waals surface area (Å²) < 4.78 is 0. The molecule has 4 aromatic rings. The molecule has 3 heterocycles. The fourth-order valence-corrected chi connectivity index (χ4v) is 4.23. The van der Waals surface area contributed by atoms with Crippen molar-refractivity contribution in [1.29, 1.82) is 0 Å². The Bertz CT molecular complexity index is 1100. The van der Waals surface area contributed by atoms with E-state index in [0.717, 1.165) is 15.4 Å². The first kappa shape index (κ1) is 18.1. The molecule has 6 nitrogen and oxygen atoms in total. The van der Waals surface area contributed by atoms with Gasteiger partial charge < -0.3 is 16.2 Å². The fourth-order valence-electron chi connectivity index (χ4n) is 2.82. The zero-order chi connectivity index (χ0) is 19.5. The standard InChI is InChI=1S/C20H16N4O2S2/c21-18-14(6-7-15(23-18)20-22-8-10-28-20)19(26)24-17(16-5-2-9-27-16)12-3-1-4-13(25)11-12/h1-11,17,25H,(H2,21,23)(H,24,26). The van der Waals surface area contributed by atoms with E-state index in [1.807, 2.05) is 29.0 Å². The molecule has 1 aromatic carbocycles. The number of phenols is 1. The van der Waals surface area contributed by atoms with Gasteiger partial charge in [-0.3, -0.25) is 4.79 Å². The smallest absolute Gasteiger partial charge is 0.255 e. The third kappa shape index (κ3) is 3.73. The maximum atomic E-state index is 12.9. The van der Waals surface area contributed by atoms with Crippen LogP contribution in [0.15, 0.2) is 65.5 Å². The molecule has 4 N–H and O–H groups in total. The van der Waals surface area contributed by atoms with E-state index < -0.39 is 6.04 Å². The number of nitrogens with two attached hydrogens (primary N) is 1. The highest BCUT2D eigenvalue weighted by atomic mass is 32.1. The Labute approximate surface area is 169 Å². The van der Waals surface area contributed by atoms with Crippen LogP contribution in [0, 0.1) is 0 Å². The van der Waals surface area contributed by atoms with E-state index in [4.69, 9.17) is 5.73 Å². The monoisotopic (exact) mass is 408 g/mol. The summed E-state index contributed by atoms with van der Waals surface area (Å²) in [5.74, 6) is -0.0502. The Morgan fingerprint density at radius 3 is 2.68 bits per heavy atom. The van der Waals surface area contributed by atoms with Crippen molar-refractivity contribution in [1.82, 2.24) is 15.3 Å². The number of nitrogen functional groups attached to an aromatic ring is 1. The van der Waals surface area contributed by atoms with Crippen molar-refractivity contribution in [2.24, 2.45) is 0 Å². The summed E-state index contributed by atoms with van der Waals surface area (Å²) in [7, 11) is 0. The van der Waals surface area contributed by atoms with Gasteiger partial charge >= 0.3 is 0 Å². The van der Waals surface area contributed by atoms with Crippen molar-refractivity contribution in [3.05, 3.63) is 81.5 Å². The molecule has 0 bridgehead atoms. The lowest BCUT2D eigenvalue weighted by Gasteiger charge is -2.19. The summed E-state index contributed by atoms with van der Waals surface area (Å²) in [6, 6.07) is 13.7. The van der Waals surface area contributed by atoms with Gasteiger partial charge in [0.15, 0.2) is 0 Å². The largest absolute Gasteiger partial charge is 0.508 e. The zero-order valence-electron chi connectivity index (χ0n) is 14.6. The second kappa shape index (κ2) is 7.79. The number of nitrogens with zero attached hydrogens (tertiary/aromatic N) is 2. The van der Waals surface area contributed by atoms with E-state index >= 15 is 0 Å². The Morgan fingerprint density at radius 1 is 1.11 bits per heavy atom. The van der Waals surface area contributed by atoms with Crippen LogP contribution in [-0.2, 0) is 0 Å². The van der Waals surface area contributed by atoms with E-state index in [1.165, 1.54) is 22.7 Å². The molecule has 28 heavy (non-hydrogen) atoms.